The highest BCUT2D eigenvalue weighted by Crippen LogP contribution is 2.27. The lowest BCUT2D eigenvalue weighted by atomic mass is 10.1. The van der Waals surface area contributed by atoms with Gasteiger partial charge in [-0.25, -0.2) is 0 Å². The van der Waals surface area contributed by atoms with Gasteiger partial charge in [-0.15, -0.1) is 0 Å². The van der Waals surface area contributed by atoms with Crippen molar-refractivity contribution in [2.45, 2.75) is 19.4 Å². The Balaban J connectivity index is 1.99. The van der Waals surface area contributed by atoms with Crippen molar-refractivity contribution >= 4 is 5.97 Å². The van der Waals surface area contributed by atoms with Gasteiger partial charge in [0.05, 0.1) is 18.2 Å². The molecule has 1 aromatic heterocycles. The van der Waals surface area contributed by atoms with Crippen LogP contribution in [0.5, 0.6) is 0 Å². The molecule has 1 saturated heterocycles. The van der Waals surface area contributed by atoms with Crippen molar-refractivity contribution in [3.8, 4) is 0 Å². The van der Waals surface area contributed by atoms with Crippen LogP contribution in [-0.4, -0.2) is 29.1 Å². The molecule has 1 fully saturated rings. The van der Waals surface area contributed by atoms with E-state index in [2.05, 4.69) is 4.90 Å². The third-order valence-corrected chi connectivity index (χ3v) is 3.07. The maximum atomic E-state index is 10.8. The number of aliphatic carboxylic acids is 1. The first-order valence-electron chi connectivity index (χ1n) is 5.18. The first-order chi connectivity index (χ1) is 7.18. The van der Waals surface area contributed by atoms with Gasteiger partial charge in [0.25, 0.3) is 0 Å². The first-order valence-corrected chi connectivity index (χ1v) is 5.18. The zero-order valence-corrected chi connectivity index (χ0v) is 8.72. The second-order valence-corrected chi connectivity index (χ2v) is 4.01. The highest BCUT2D eigenvalue weighted by atomic mass is 16.4. The molecule has 0 radical (unpaired) electrons. The van der Waals surface area contributed by atoms with Gasteiger partial charge in [0.1, 0.15) is 5.76 Å². The molecular formula is C11H15NO3. The SMILES string of the molecule is CC(c1ccco1)N1CCC(C(=O)O)C1. The molecule has 4 heteroatoms. The molecule has 2 atom stereocenters. The fourth-order valence-electron chi connectivity index (χ4n) is 2.05. The molecule has 0 aromatic carbocycles. The third-order valence-electron chi connectivity index (χ3n) is 3.07. The summed E-state index contributed by atoms with van der Waals surface area (Å²) in [7, 11) is 0. The molecular weight excluding hydrogens is 194 g/mol. The average molecular weight is 209 g/mol. The van der Waals surface area contributed by atoms with Crippen LogP contribution < -0.4 is 0 Å². The molecule has 1 aromatic rings. The Bertz CT molecular complexity index is 334. The molecule has 15 heavy (non-hydrogen) atoms. The zero-order chi connectivity index (χ0) is 10.8. The van der Waals surface area contributed by atoms with E-state index in [9.17, 15) is 4.79 Å². The van der Waals surface area contributed by atoms with Gasteiger partial charge in [-0.1, -0.05) is 0 Å². The summed E-state index contributed by atoms with van der Waals surface area (Å²) < 4.78 is 5.31. The van der Waals surface area contributed by atoms with E-state index in [0.717, 1.165) is 18.7 Å². The van der Waals surface area contributed by atoms with Crippen LogP contribution in [-0.2, 0) is 4.79 Å². The molecule has 0 bridgehead atoms. The normalized spacial score (nSPS) is 24.2. The van der Waals surface area contributed by atoms with E-state index in [1.54, 1.807) is 6.26 Å². The lowest BCUT2D eigenvalue weighted by molar-refractivity contribution is -0.141. The monoisotopic (exact) mass is 209 g/mol. The Labute approximate surface area is 88.5 Å². The molecule has 0 amide bonds. The van der Waals surface area contributed by atoms with Crippen LogP contribution in [0, 0.1) is 5.92 Å². The predicted molar refractivity (Wildman–Crippen MR) is 54.4 cm³/mol. The number of hydrogen-bond acceptors (Lipinski definition) is 3. The fourth-order valence-corrected chi connectivity index (χ4v) is 2.05. The minimum Gasteiger partial charge on any atom is -0.481 e. The Kier molecular flexibility index (Phi) is 2.77. The van der Waals surface area contributed by atoms with Gasteiger partial charge in [0.2, 0.25) is 0 Å². The number of likely N-dealkylation sites (tertiary alicyclic amines) is 1. The van der Waals surface area contributed by atoms with Gasteiger partial charge >= 0.3 is 5.97 Å². The molecule has 2 unspecified atom stereocenters. The molecule has 0 aliphatic carbocycles. The largest absolute Gasteiger partial charge is 0.481 e. The van der Waals surface area contributed by atoms with E-state index in [-0.39, 0.29) is 12.0 Å². The highest BCUT2D eigenvalue weighted by Gasteiger charge is 2.31. The summed E-state index contributed by atoms with van der Waals surface area (Å²) in [6, 6.07) is 3.96. The van der Waals surface area contributed by atoms with E-state index in [1.807, 2.05) is 19.1 Å². The molecule has 1 aliphatic heterocycles. The van der Waals surface area contributed by atoms with Crippen LogP contribution in [0.1, 0.15) is 25.1 Å². The van der Waals surface area contributed by atoms with Crippen molar-refractivity contribution < 1.29 is 14.3 Å². The van der Waals surface area contributed by atoms with Crippen molar-refractivity contribution in [2.24, 2.45) is 5.92 Å². The Morgan fingerprint density at radius 2 is 2.53 bits per heavy atom. The molecule has 82 valence electrons. The van der Waals surface area contributed by atoms with Crippen molar-refractivity contribution in [1.82, 2.24) is 4.90 Å². The molecule has 1 N–H and O–H groups in total. The molecule has 4 nitrogen and oxygen atoms in total. The van der Waals surface area contributed by atoms with Gasteiger partial charge in [0.15, 0.2) is 0 Å². The number of furan rings is 1. The van der Waals surface area contributed by atoms with E-state index < -0.39 is 5.97 Å². The topological polar surface area (TPSA) is 53.7 Å². The van der Waals surface area contributed by atoms with Gasteiger partial charge < -0.3 is 9.52 Å². The van der Waals surface area contributed by atoms with Crippen molar-refractivity contribution in [1.29, 1.82) is 0 Å². The van der Waals surface area contributed by atoms with Crippen molar-refractivity contribution in [2.75, 3.05) is 13.1 Å². The fraction of sp³-hybridized carbons (Fsp3) is 0.545. The Morgan fingerprint density at radius 3 is 3.07 bits per heavy atom. The lowest BCUT2D eigenvalue weighted by Gasteiger charge is -2.21. The summed E-state index contributed by atoms with van der Waals surface area (Å²) in [5.74, 6) is -0.00686. The zero-order valence-electron chi connectivity index (χ0n) is 8.72. The summed E-state index contributed by atoms with van der Waals surface area (Å²) in [6.45, 7) is 3.50. The minimum atomic E-state index is -0.691. The molecule has 2 rings (SSSR count). The second-order valence-electron chi connectivity index (χ2n) is 4.01. The number of carboxylic acid groups (broad SMARTS) is 1. The number of carbonyl (C=O) groups is 1. The summed E-state index contributed by atoms with van der Waals surface area (Å²) >= 11 is 0. The second kappa shape index (κ2) is 4.06. The molecule has 2 heterocycles. The van der Waals surface area contributed by atoms with Crippen LogP contribution >= 0.6 is 0 Å². The molecule has 0 spiro atoms. The minimum absolute atomic E-state index is 0.171. The van der Waals surface area contributed by atoms with E-state index in [1.165, 1.54) is 0 Å². The van der Waals surface area contributed by atoms with Crippen LogP contribution in [0.2, 0.25) is 0 Å². The average Bonchev–Trinajstić information content (AvgIpc) is 2.88. The Hall–Kier alpha value is -1.29. The summed E-state index contributed by atoms with van der Waals surface area (Å²) in [5.41, 5.74) is 0. The maximum Gasteiger partial charge on any atom is 0.307 e. The summed E-state index contributed by atoms with van der Waals surface area (Å²) in [5, 5.41) is 8.89. The van der Waals surface area contributed by atoms with E-state index >= 15 is 0 Å². The van der Waals surface area contributed by atoms with Gasteiger partial charge in [-0.05, 0) is 32.0 Å². The number of hydrogen-bond donors (Lipinski definition) is 1. The quantitative estimate of drug-likeness (QED) is 0.824. The van der Waals surface area contributed by atoms with Crippen LogP contribution in [0.3, 0.4) is 0 Å². The number of nitrogens with zero attached hydrogens (tertiary/aromatic N) is 1. The van der Waals surface area contributed by atoms with Crippen molar-refractivity contribution in [3.63, 3.8) is 0 Å². The summed E-state index contributed by atoms with van der Waals surface area (Å²) in [6.07, 6.45) is 2.39. The van der Waals surface area contributed by atoms with Crippen molar-refractivity contribution in [3.05, 3.63) is 24.2 Å². The Morgan fingerprint density at radius 1 is 1.73 bits per heavy atom. The molecule has 1 aliphatic rings. The highest BCUT2D eigenvalue weighted by molar-refractivity contribution is 5.70. The van der Waals surface area contributed by atoms with Gasteiger partial charge in [0, 0.05) is 6.54 Å². The van der Waals surface area contributed by atoms with Crippen LogP contribution in [0.25, 0.3) is 0 Å². The van der Waals surface area contributed by atoms with E-state index in [0.29, 0.717) is 6.54 Å². The van der Waals surface area contributed by atoms with E-state index in [4.69, 9.17) is 9.52 Å². The van der Waals surface area contributed by atoms with Crippen LogP contribution in [0.4, 0.5) is 0 Å². The number of rotatable bonds is 3. The summed E-state index contributed by atoms with van der Waals surface area (Å²) in [4.78, 5) is 13.0. The van der Waals surface area contributed by atoms with Gasteiger partial charge in [-0.2, -0.15) is 0 Å². The standard InChI is InChI=1S/C11H15NO3/c1-8(10-3-2-6-15-10)12-5-4-9(7-12)11(13)14/h2-3,6,8-9H,4-5,7H2,1H3,(H,13,14). The van der Waals surface area contributed by atoms with Gasteiger partial charge in [-0.3, -0.25) is 9.69 Å². The maximum absolute atomic E-state index is 10.8. The lowest BCUT2D eigenvalue weighted by Crippen LogP contribution is -2.25. The smallest absolute Gasteiger partial charge is 0.307 e. The predicted octanol–water partition coefficient (Wildman–Crippen LogP) is 1.75. The molecule has 0 saturated carbocycles. The number of carboxylic acids is 1. The first kappa shape index (κ1) is 10.2. The third kappa shape index (κ3) is 2.04. The van der Waals surface area contributed by atoms with Crippen LogP contribution in [0.15, 0.2) is 22.8 Å².